The molecule has 0 atom stereocenters. The third kappa shape index (κ3) is 3.71. The summed E-state index contributed by atoms with van der Waals surface area (Å²) >= 11 is 0. The summed E-state index contributed by atoms with van der Waals surface area (Å²) in [6, 6.07) is 47.8. The van der Waals surface area contributed by atoms with E-state index in [-0.39, 0.29) is 0 Å². The van der Waals surface area contributed by atoms with Gasteiger partial charge in [-0.2, -0.15) is 0 Å². The molecule has 0 aliphatic heterocycles. The Bertz CT molecular complexity index is 2420. The second kappa shape index (κ2) is 9.79. The van der Waals surface area contributed by atoms with Gasteiger partial charge in [-0.05, 0) is 71.8 Å². The summed E-state index contributed by atoms with van der Waals surface area (Å²) in [5.74, 6) is 0. The van der Waals surface area contributed by atoms with Gasteiger partial charge < -0.3 is 9.13 Å². The van der Waals surface area contributed by atoms with Crippen molar-refractivity contribution in [3.63, 3.8) is 0 Å². The molecule has 0 aliphatic carbocycles. The van der Waals surface area contributed by atoms with Crippen LogP contribution < -0.4 is 0 Å². The minimum absolute atomic E-state index is 1.08. The lowest BCUT2D eigenvalue weighted by Crippen LogP contribution is -1.97. The van der Waals surface area contributed by atoms with Crippen LogP contribution in [0.3, 0.4) is 0 Å². The fourth-order valence-electron chi connectivity index (χ4n) is 6.77. The van der Waals surface area contributed by atoms with Crippen molar-refractivity contribution in [1.82, 2.24) is 19.1 Å². The maximum atomic E-state index is 4.44. The van der Waals surface area contributed by atoms with Crippen LogP contribution in [0.4, 0.5) is 0 Å². The molecular weight excluding hydrogens is 536 g/mol. The molecule has 44 heavy (non-hydrogen) atoms. The molecule has 9 aromatic rings. The number of fused-ring (bicyclic) bond motifs is 7. The fraction of sp³-hybridized carbons (Fsp3) is 0. The predicted molar refractivity (Wildman–Crippen MR) is 182 cm³/mol. The first-order valence-electron chi connectivity index (χ1n) is 14.8. The number of pyridine rings is 2. The average Bonchev–Trinajstić information content (AvgIpc) is 3.62. The Morgan fingerprint density at radius 3 is 1.66 bits per heavy atom. The number of benzene rings is 5. The molecule has 0 saturated carbocycles. The van der Waals surface area contributed by atoms with E-state index in [1.165, 1.54) is 43.6 Å². The summed E-state index contributed by atoms with van der Waals surface area (Å²) < 4.78 is 4.84. The Hall–Kier alpha value is -6.00. The summed E-state index contributed by atoms with van der Waals surface area (Å²) in [5.41, 5.74) is 11.4. The van der Waals surface area contributed by atoms with Crippen LogP contribution in [0.5, 0.6) is 0 Å². The van der Waals surface area contributed by atoms with Crippen molar-refractivity contribution in [2.45, 2.75) is 0 Å². The fourth-order valence-corrected chi connectivity index (χ4v) is 6.77. The molecule has 5 aromatic carbocycles. The Balaban J connectivity index is 1.46. The second-order valence-electron chi connectivity index (χ2n) is 11.1. The van der Waals surface area contributed by atoms with Gasteiger partial charge in [0.15, 0.2) is 0 Å². The lowest BCUT2D eigenvalue weighted by molar-refractivity contribution is 1.17. The Morgan fingerprint density at radius 2 is 1.00 bits per heavy atom. The van der Waals surface area contributed by atoms with E-state index in [9.17, 15) is 0 Å². The minimum atomic E-state index is 1.08. The molecule has 0 bridgehead atoms. The zero-order chi connectivity index (χ0) is 29.0. The van der Waals surface area contributed by atoms with Crippen molar-refractivity contribution >= 4 is 43.6 Å². The third-order valence-electron chi connectivity index (χ3n) is 8.65. The van der Waals surface area contributed by atoms with Crippen LogP contribution in [0.25, 0.3) is 77.2 Å². The monoisotopic (exact) mass is 562 g/mol. The summed E-state index contributed by atoms with van der Waals surface area (Å²) in [4.78, 5) is 8.88. The van der Waals surface area contributed by atoms with Gasteiger partial charge in [0.1, 0.15) is 0 Å². The van der Waals surface area contributed by atoms with E-state index in [0.717, 1.165) is 33.6 Å². The SMILES string of the molecule is c1ccc(-n2c3ccccc3c3c2ccc2c4ccccc4n(-c4cc(-c5cccnc5)cc(-c5cccnc5)c4)c23)cc1. The number of hydrogen-bond donors (Lipinski definition) is 0. The van der Waals surface area contributed by atoms with Crippen molar-refractivity contribution in [1.29, 1.82) is 0 Å². The van der Waals surface area contributed by atoms with E-state index >= 15 is 0 Å². The zero-order valence-electron chi connectivity index (χ0n) is 23.8. The second-order valence-corrected chi connectivity index (χ2v) is 11.1. The molecule has 0 fully saturated rings. The number of nitrogens with zero attached hydrogens (tertiary/aromatic N) is 4. The molecule has 9 rings (SSSR count). The number of para-hydroxylation sites is 3. The standard InChI is InChI=1S/C40H26N4/c1-2-12-31(13-3-1)43-37-17-7-5-15-35(37)39-38(43)19-18-34-33-14-4-6-16-36(33)44(40(34)39)32-23-29(27-10-8-20-41-25-27)22-30(24-32)28-11-9-21-42-26-28/h1-26H. The van der Waals surface area contributed by atoms with E-state index in [2.05, 4.69) is 140 Å². The van der Waals surface area contributed by atoms with Gasteiger partial charge in [0.25, 0.3) is 0 Å². The summed E-state index contributed by atoms with van der Waals surface area (Å²) in [7, 11) is 0. The highest BCUT2D eigenvalue weighted by atomic mass is 15.0. The van der Waals surface area contributed by atoms with Crippen molar-refractivity contribution in [2.75, 3.05) is 0 Å². The smallest absolute Gasteiger partial charge is 0.0641 e. The maximum Gasteiger partial charge on any atom is 0.0641 e. The quantitative estimate of drug-likeness (QED) is 0.214. The predicted octanol–water partition coefficient (Wildman–Crippen LogP) is 10.0. The molecule has 4 aromatic heterocycles. The van der Waals surface area contributed by atoms with E-state index < -0.39 is 0 Å². The molecular formula is C40H26N4. The van der Waals surface area contributed by atoms with Gasteiger partial charge in [0, 0.05) is 68.8 Å². The first-order valence-corrected chi connectivity index (χ1v) is 14.8. The molecule has 0 spiro atoms. The molecule has 4 heteroatoms. The Morgan fingerprint density at radius 1 is 0.386 bits per heavy atom. The average molecular weight is 563 g/mol. The maximum absolute atomic E-state index is 4.44. The van der Waals surface area contributed by atoms with Crippen LogP contribution in [-0.2, 0) is 0 Å². The molecule has 206 valence electrons. The van der Waals surface area contributed by atoms with Gasteiger partial charge in [-0.15, -0.1) is 0 Å². The van der Waals surface area contributed by atoms with Crippen molar-refractivity contribution < 1.29 is 0 Å². The van der Waals surface area contributed by atoms with E-state index in [4.69, 9.17) is 0 Å². The highest BCUT2D eigenvalue weighted by Crippen LogP contribution is 2.42. The van der Waals surface area contributed by atoms with E-state index in [1.54, 1.807) is 0 Å². The van der Waals surface area contributed by atoms with Crippen molar-refractivity contribution in [3.05, 3.63) is 158 Å². The summed E-state index contributed by atoms with van der Waals surface area (Å²) in [5, 5.41) is 4.94. The largest absolute Gasteiger partial charge is 0.309 e. The van der Waals surface area contributed by atoms with Gasteiger partial charge in [0.05, 0.1) is 22.1 Å². The van der Waals surface area contributed by atoms with Gasteiger partial charge in [-0.3, -0.25) is 9.97 Å². The Labute approximate surface area is 254 Å². The molecule has 0 unspecified atom stereocenters. The molecule has 0 saturated heterocycles. The summed E-state index contributed by atoms with van der Waals surface area (Å²) in [6.07, 6.45) is 7.51. The van der Waals surface area contributed by atoms with Gasteiger partial charge >= 0.3 is 0 Å². The highest BCUT2D eigenvalue weighted by Gasteiger charge is 2.21. The lowest BCUT2D eigenvalue weighted by atomic mass is 9.99. The first kappa shape index (κ1) is 24.6. The van der Waals surface area contributed by atoms with Crippen LogP contribution in [0.15, 0.2) is 158 Å². The number of hydrogen-bond acceptors (Lipinski definition) is 2. The van der Waals surface area contributed by atoms with E-state index in [0.29, 0.717) is 0 Å². The Kier molecular flexibility index (Phi) is 5.47. The number of aromatic nitrogens is 4. The number of rotatable bonds is 4. The van der Waals surface area contributed by atoms with Gasteiger partial charge in [-0.1, -0.05) is 72.8 Å². The normalized spacial score (nSPS) is 11.6. The third-order valence-corrected chi connectivity index (χ3v) is 8.65. The molecule has 4 heterocycles. The molecule has 0 N–H and O–H groups in total. The molecule has 0 radical (unpaired) electrons. The molecule has 4 nitrogen and oxygen atoms in total. The van der Waals surface area contributed by atoms with E-state index in [1.807, 2.05) is 36.9 Å². The topological polar surface area (TPSA) is 35.6 Å². The van der Waals surface area contributed by atoms with Crippen molar-refractivity contribution in [3.8, 4) is 33.6 Å². The van der Waals surface area contributed by atoms with Gasteiger partial charge in [0.2, 0.25) is 0 Å². The lowest BCUT2D eigenvalue weighted by Gasteiger charge is -2.14. The first-order chi connectivity index (χ1) is 21.8. The minimum Gasteiger partial charge on any atom is -0.309 e. The molecule has 0 aliphatic rings. The summed E-state index contributed by atoms with van der Waals surface area (Å²) in [6.45, 7) is 0. The van der Waals surface area contributed by atoms with Gasteiger partial charge in [-0.25, -0.2) is 0 Å². The van der Waals surface area contributed by atoms with Crippen LogP contribution >= 0.6 is 0 Å². The highest BCUT2D eigenvalue weighted by molar-refractivity contribution is 6.26. The zero-order valence-corrected chi connectivity index (χ0v) is 23.8. The van der Waals surface area contributed by atoms with Crippen LogP contribution in [-0.4, -0.2) is 19.1 Å². The van der Waals surface area contributed by atoms with Crippen LogP contribution in [0.2, 0.25) is 0 Å². The molecule has 0 amide bonds. The van der Waals surface area contributed by atoms with Crippen molar-refractivity contribution in [2.24, 2.45) is 0 Å². The van der Waals surface area contributed by atoms with Crippen LogP contribution in [0.1, 0.15) is 0 Å². The van der Waals surface area contributed by atoms with Crippen LogP contribution in [0, 0.1) is 0 Å².